The first kappa shape index (κ1) is 21.2. The SMILES string of the molecule is COc1ccc(N2C(=O)C(c3ccccc3OC)=C(N3CCN(C)CC3)C2=O)cc1Cl. The molecule has 8 heteroatoms. The van der Waals surface area contributed by atoms with Crippen LogP contribution in [0.15, 0.2) is 48.2 Å². The molecule has 2 aromatic carbocycles. The van der Waals surface area contributed by atoms with Crippen LogP contribution in [0.3, 0.4) is 0 Å². The number of benzene rings is 2. The molecule has 0 bridgehead atoms. The summed E-state index contributed by atoms with van der Waals surface area (Å²) in [6, 6.07) is 12.1. The number of hydrogen-bond donors (Lipinski definition) is 0. The van der Waals surface area contributed by atoms with Crippen molar-refractivity contribution in [3.05, 3.63) is 58.7 Å². The van der Waals surface area contributed by atoms with E-state index in [1.807, 2.05) is 24.1 Å². The zero-order valence-corrected chi connectivity index (χ0v) is 18.5. The van der Waals surface area contributed by atoms with E-state index in [0.717, 1.165) is 13.1 Å². The number of methoxy groups -OCH3 is 2. The highest BCUT2D eigenvalue weighted by atomic mass is 35.5. The minimum Gasteiger partial charge on any atom is -0.496 e. The van der Waals surface area contributed by atoms with Crippen LogP contribution in [-0.2, 0) is 9.59 Å². The molecule has 2 heterocycles. The highest BCUT2D eigenvalue weighted by Gasteiger charge is 2.43. The predicted octanol–water partition coefficient (Wildman–Crippen LogP) is 2.89. The molecule has 31 heavy (non-hydrogen) atoms. The number of carbonyl (C=O) groups excluding carboxylic acids is 2. The van der Waals surface area contributed by atoms with Gasteiger partial charge in [-0.15, -0.1) is 0 Å². The van der Waals surface area contributed by atoms with Gasteiger partial charge < -0.3 is 19.3 Å². The lowest BCUT2D eigenvalue weighted by Gasteiger charge is -2.34. The summed E-state index contributed by atoms with van der Waals surface area (Å²) in [4.78, 5) is 32.6. The molecule has 1 saturated heterocycles. The molecule has 0 unspecified atom stereocenters. The van der Waals surface area contributed by atoms with Crippen molar-refractivity contribution in [2.75, 3.05) is 52.3 Å². The number of likely N-dealkylation sites (N-methyl/N-ethyl adjacent to an activating group) is 1. The fourth-order valence-corrected chi connectivity index (χ4v) is 4.22. The van der Waals surface area contributed by atoms with Crippen molar-refractivity contribution >= 4 is 34.7 Å². The van der Waals surface area contributed by atoms with Crippen LogP contribution in [0.5, 0.6) is 11.5 Å². The van der Waals surface area contributed by atoms with Crippen LogP contribution in [0.1, 0.15) is 5.56 Å². The van der Waals surface area contributed by atoms with Gasteiger partial charge in [-0.3, -0.25) is 9.59 Å². The molecule has 1 fully saturated rings. The molecule has 0 aliphatic carbocycles. The zero-order valence-electron chi connectivity index (χ0n) is 17.7. The third-order valence-corrected chi connectivity index (χ3v) is 5.94. The Kier molecular flexibility index (Phi) is 5.89. The van der Waals surface area contributed by atoms with Gasteiger partial charge in [-0.1, -0.05) is 29.8 Å². The minimum absolute atomic E-state index is 0.326. The van der Waals surface area contributed by atoms with Crippen molar-refractivity contribution in [1.82, 2.24) is 9.80 Å². The first-order valence-corrected chi connectivity index (χ1v) is 10.4. The lowest BCUT2D eigenvalue weighted by atomic mass is 10.0. The number of piperazine rings is 1. The standard InChI is InChI=1S/C23H24ClN3O4/c1-25-10-12-26(13-11-25)21-20(16-6-4-5-7-18(16)30-2)22(28)27(23(21)29)15-8-9-19(31-3)17(24)14-15/h4-9,14H,10-13H2,1-3H3. The third-order valence-electron chi connectivity index (χ3n) is 5.65. The van der Waals surface area contributed by atoms with Crippen molar-refractivity contribution in [2.24, 2.45) is 0 Å². The third kappa shape index (κ3) is 3.75. The van der Waals surface area contributed by atoms with E-state index in [9.17, 15) is 9.59 Å². The fraction of sp³-hybridized carbons (Fsp3) is 0.304. The summed E-state index contributed by atoms with van der Waals surface area (Å²) in [6.07, 6.45) is 0. The van der Waals surface area contributed by atoms with Crippen LogP contribution in [0.25, 0.3) is 5.57 Å². The number of halogens is 1. The lowest BCUT2D eigenvalue weighted by Crippen LogP contribution is -2.46. The zero-order chi connectivity index (χ0) is 22.1. The molecule has 7 nitrogen and oxygen atoms in total. The van der Waals surface area contributed by atoms with E-state index in [1.54, 1.807) is 37.4 Å². The summed E-state index contributed by atoms with van der Waals surface area (Å²) < 4.78 is 10.7. The number of carbonyl (C=O) groups is 2. The van der Waals surface area contributed by atoms with Gasteiger partial charge >= 0.3 is 0 Å². The van der Waals surface area contributed by atoms with Gasteiger partial charge in [-0.2, -0.15) is 0 Å². The molecule has 0 saturated carbocycles. The molecule has 4 rings (SSSR count). The summed E-state index contributed by atoms with van der Waals surface area (Å²) in [5.41, 5.74) is 1.74. The van der Waals surface area contributed by atoms with Crippen LogP contribution in [-0.4, -0.2) is 69.1 Å². The Morgan fingerprint density at radius 3 is 2.19 bits per heavy atom. The number of amides is 2. The number of para-hydroxylation sites is 1. The van der Waals surface area contributed by atoms with Crippen LogP contribution < -0.4 is 14.4 Å². The Morgan fingerprint density at radius 2 is 1.55 bits per heavy atom. The van der Waals surface area contributed by atoms with Gasteiger partial charge in [0.05, 0.1) is 30.5 Å². The maximum absolute atomic E-state index is 13.6. The molecular formula is C23H24ClN3O4. The first-order valence-electron chi connectivity index (χ1n) is 9.99. The molecule has 0 aromatic heterocycles. The fourth-order valence-electron chi connectivity index (χ4n) is 3.96. The monoisotopic (exact) mass is 441 g/mol. The van der Waals surface area contributed by atoms with Crippen LogP contribution >= 0.6 is 11.6 Å². The van der Waals surface area contributed by atoms with Crippen molar-refractivity contribution < 1.29 is 19.1 Å². The largest absolute Gasteiger partial charge is 0.496 e. The van der Waals surface area contributed by atoms with Gasteiger partial charge in [0.25, 0.3) is 11.8 Å². The number of hydrogen-bond acceptors (Lipinski definition) is 6. The van der Waals surface area contributed by atoms with Crippen molar-refractivity contribution in [3.63, 3.8) is 0 Å². The van der Waals surface area contributed by atoms with Crippen LogP contribution in [0.2, 0.25) is 5.02 Å². The second-order valence-corrected chi connectivity index (χ2v) is 7.89. The lowest BCUT2D eigenvalue weighted by molar-refractivity contribution is -0.120. The highest BCUT2D eigenvalue weighted by Crippen LogP contribution is 2.40. The summed E-state index contributed by atoms with van der Waals surface area (Å²) in [6.45, 7) is 2.92. The van der Waals surface area contributed by atoms with Crippen molar-refractivity contribution in [1.29, 1.82) is 0 Å². The predicted molar refractivity (Wildman–Crippen MR) is 119 cm³/mol. The van der Waals surface area contributed by atoms with Crippen LogP contribution in [0.4, 0.5) is 5.69 Å². The molecule has 0 N–H and O–H groups in total. The molecule has 2 aromatic rings. The van der Waals surface area contributed by atoms with Gasteiger partial charge in [-0.05, 0) is 31.3 Å². The molecule has 2 aliphatic rings. The molecule has 0 radical (unpaired) electrons. The van der Waals surface area contributed by atoms with E-state index in [2.05, 4.69) is 4.90 Å². The number of rotatable bonds is 5. The second-order valence-electron chi connectivity index (χ2n) is 7.48. The molecule has 2 amide bonds. The smallest absolute Gasteiger partial charge is 0.282 e. The molecule has 162 valence electrons. The quantitative estimate of drug-likeness (QED) is 0.665. The average molecular weight is 442 g/mol. The van der Waals surface area contributed by atoms with Crippen molar-refractivity contribution in [3.8, 4) is 11.5 Å². The number of anilines is 1. The average Bonchev–Trinajstić information content (AvgIpc) is 3.04. The summed E-state index contributed by atoms with van der Waals surface area (Å²) >= 11 is 6.28. The normalized spacial score (nSPS) is 17.5. The molecular weight excluding hydrogens is 418 g/mol. The van der Waals surface area contributed by atoms with E-state index in [1.165, 1.54) is 12.0 Å². The van der Waals surface area contributed by atoms with Gasteiger partial charge in [0, 0.05) is 31.7 Å². The number of ether oxygens (including phenoxy) is 2. The van der Waals surface area contributed by atoms with Gasteiger partial charge in [0.2, 0.25) is 0 Å². The van der Waals surface area contributed by atoms with E-state index < -0.39 is 5.91 Å². The number of nitrogens with zero attached hydrogens (tertiary/aromatic N) is 3. The van der Waals surface area contributed by atoms with Crippen LogP contribution in [0, 0.1) is 0 Å². The van der Waals surface area contributed by atoms with Gasteiger partial charge in [0.1, 0.15) is 17.2 Å². The summed E-state index contributed by atoms with van der Waals surface area (Å²) in [5.74, 6) is 0.253. The molecule has 2 aliphatic heterocycles. The second kappa shape index (κ2) is 8.61. The summed E-state index contributed by atoms with van der Waals surface area (Å²) in [7, 11) is 5.11. The maximum atomic E-state index is 13.6. The highest BCUT2D eigenvalue weighted by molar-refractivity contribution is 6.46. The van der Waals surface area contributed by atoms with E-state index in [-0.39, 0.29) is 5.91 Å². The Balaban J connectivity index is 1.83. The molecule has 0 spiro atoms. The minimum atomic E-state index is -0.398. The summed E-state index contributed by atoms with van der Waals surface area (Å²) in [5, 5.41) is 0.326. The Morgan fingerprint density at radius 1 is 0.871 bits per heavy atom. The van der Waals surface area contributed by atoms with E-state index in [0.29, 0.717) is 52.1 Å². The Hall–Kier alpha value is -3.03. The van der Waals surface area contributed by atoms with Gasteiger partial charge in [0.15, 0.2) is 0 Å². The topological polar surface area (TPSA) is 62.3 Å². The number of imide groups is 1. The van der Waals surface area contributed by atoms with Gasteiger partial charge in [-0.25, -0.2) is 4.90 Å². The Bertz CT molecular complexity index is 1060. The van der Waals surface area contributed by atoms with Crippen molar-refractivity contribution in [2.45, 2.75) is 0 Å². The van der Waals surface area contributed by atoms with E-state index in [4.69, 9.17) is 21.1 Å². The van der Waals surface area contributed by atoms with E-state index >= 15 is 0 Å². The molecule has 0 atom stereocenters. The first-order chi connectivity index (χ1) is 15.0. The maximum Gasteiger partial charge on any atom is 0.282 e. The Labute approximate surface area is 186 Å².